The Kier molecular flexibility index (Phi) is 5.82. The van der Waals surface area contributed by atoms with Gasteiger partial charge in [-0.15, -0.1) is 0 Å². The van der Waals surface area contributed by atoms with Gasteiger partial charge in [0, 0.05) is 44.5 Å². The van der Waals surface area contributed by atoms with Crippen LogP contribution in [0.3, 0.4) is 0 Å². The van der Waals surface area contributed by atoms with Gasteiger partial charge in [0.15, 0.2) is 9.84 Å². The number of nitrogens with zero attached hydrogens (tertiary/aromatic N) is 3. The monoisotopic (exact) mass is 383 g/mol. The van der Waals surface area contributed by atoms with Gasteiger partial charge in [0.05, 0.1) is 18.1 Å². The van der Waals surface area contributed by atoms with Crippen molar-refractivity contribution in [1.82, 2.24) is 9.80 Å². The first-order chi connectivity index (χ1) is 12.4. The van der Waals surface area contributed by atoms with E-state index in [1.54, 1.807) is 17.0 Å². The average Bonchev–Trinajstić information content (AvgIpc) is 2.96. The van der Waals surface area contributed by atoms with Gasteiger partial charge in [-0.05, 0) is 37.6 Å². The predicted molar refractivity (Wildman–Crippen MR) is 99.5 cm³/mol. The van der Waals surface area contributed by atoms with Crippen LogP contribution < -0.4 is 4.90 Å². The number of hydrogen-bond acceptors (Lipinski definition) is 5. The standard InChI is InChI=1S/C18H26FN3O3S/c1-2-22(17-7-12-26(24,25)14-17)18(23)13-20-8-10-21(11-9-20)16-5-3-15(19)4-6-16/h3-6,17H,2,7-14H2,1H3/t17-/m0/s1. The minimum absolute atomic E-state index is 0.00447. The summed E-state index contributed by atoms with van der Waals surface area (Å²) in [6.45, 7) is 5.82. The lowest BCUT2D eigenvalue weighted by Crippen LogP contribution is -2.51. The summed E-state index contributed by atoms with van der Waals surface area (Å²) in [5.74, 6) is 0.0271. The molecule has 0 aliphatic carbocycles. The quantitative estimate of drug-likeness (QED) is 0.759. The molecule has 0 aromatic heterocycles. The van der Waals surface area contributed by atoms with E-state index in [4.69, 9.17) is 0 Å². The van der Waals surface area contributed by atoms with Crippen molar-refractivity contribution in [3.05, 3.63) is 30.1 Å². The van der Waals surface area contributed by atoms with E-state index in [1.165, 1.54) is 12.1 Å². The Morgan fingerprint density at radius 1 is 1.19 bits per heavy atom. The Morgan fingerprint density at radius 3 is 2.38 bits per heavy atom. The lowest BCUT2D eigenvalue weighted by atomic mass is 10.2. The Morgan fingerprint density at radius 2 is 1.85 bits per heavy atom. The normalized spacial score (nSPS) is 23.2. The van der Waals surface area contributed by atoms with Gasteiger partial charge in [0.1, 0.15) is 5.82 Å². The number of benzene rings is 1. The van der Waals surface area contributed by atoms with Crippen molar-refractivity contribution < 1.29 is 17.6 Å². The predicted octanol–water partition coefficient (Wildman–Crippen LogP) is 0.983. The van der Waals surface area contributed by atoms with E-state index in [-0.39, 0.29) is 29.3 Å². The van der Waals surface area contributed by atoms with Crippen molar-refractivity contribution >= 4 is 21.4 Å². The van der Waals surface area contributed by atoms with E-state index < -0.39 is 9.84 Å². The zero-order valence-electron chi connectivity index (χ0n) is 15.1. The summed E-state index contributed by atoms with van der Waals surface area (Å²) in [6.07, 6.45) is 0.542. The van der Waals surface area contributed by atoms with Gasteiger partial charge in [-0.2, -0.15) is 0 Å². The summed E-state index contributed by atoms with van der Waals surface area (Å²) in [5, 5.41) is 0. The smallest absolute Gasteiger partial charge is 0.237 e. The summed E-state index contributed by atoms with van der Waals surface area (Å²) in [6, 6.07) is 6.28. The number of sulfone groups is 1. The van der Waals surface area contributed by atoms with Crippen LogP contribution in [0.25, 0.3) is 0 Å². The fourth-order valence-electron chi connectivity index (χ4n) is 3.76. The number of piperazine rings is 1. The molecule has 0 radical (unpaired) electrons. The van der Waals surface area contributed by atoms with E-state index in [0.29, 0.717) is 19.5 Å². The minimum Gasteiger partial charge on any atom is -0.369 e. The molecular formula is C18H26FN3O3S. The van der Waals surface area contributed by atoms with Crippen molar-refractivity contribution in [2.45, 2.75) is 19.4 Å². The lowest BCUT2D eigenvalue weighted by Gasteiger charge is -2.37. The maximum Gasteiger partial charge on any atom is 0.237 e. The first kappa shape index (κ1) is 19.1. The molecule has 8 heteroatoms. The maximum atomic E-state index is 13.0. The molecule has 0 saturated carbocycles. The number of carbonyl (C=O) groups is 1. The first-order valence-electron chi connectivity index (χ1n) is 9.11. The number of likely N-dealkylation sites (N-methyl/N-ethyl adjacent to an activating group) is 1. The second-order valence-electron chi connectivity index (χ2n) is 6.98. The molecule has 1 aromatic rings. The molecule has 1 amide bonds. The average molecular weight is 383 g/mol. The second-order valence-corrected chi connectivity index (χ2v) is 9.20. The third-order valence-corrected chi connectivity index (χ3v) is 6.98. The molecule has 2 saturated heterocycles. The highest BCUT2D eigenvalue weighted by molar-refractivity contribution is 7.91. The van der Waals surface area contributed by atoms with E-state index in [1.807, 2.05) is 6.92 Å². The molecular weight excluding hydrogens is 357 g/mol. The Hall–Kier alpha value is -1.67. The molecule has 0 N–H and O–H groups in total. The number of amides is 1. The summed E-state index contributed by atoms with van der Waals surface area (Å²) < 4.78 is 36.4. The molecule has 0 spiro atoms. The lowest BCUT2D eigenvalue weighted by molar-refractivity contribution is -0.134. The van der Waals surface area contributed by atoms with Crippen molar-refractivity contribution in [3.63, 3.8) is 0 Å². The van der Waals surface area contributed by atoms with Gasteiger partial charge < -0.3 is 9.80 Å². The highest BCUT2D eigenvalue weighted by Gasteiger charge is 2.34. The molecule has 6 nitrogen and oxygen atoms in total. The summed E-state index contributed by atoms with van der Waals surface area (Å²) >= 11 is 0. The van der Waals surface area contributed by atoms with Crippen LogP contribution in [-0.2, 0) is 14.6 Å². The molecule has 0 unspecified atom stereocenters. The highest BCUT2D eigenvalue weighted by atomic mass is 32.2. The van der Waals surface area contributed by atoms with Crippen LogP contribution in [0.2, 0.25) is 0 Å². The number of anilines is 1. The number of hydrogen-bond donors (Lipinski definition) is 0. The molecule has 2 fully saturated rings. The fourth-order valence-corrected chi connectivity index (χ4v) is 5.49. The summed E-state index contributed by atoms with van der Waals surface area (Å²) in [7, 11) is -3.00. The van der Waals surface area contributed by atoms with Gasteiger partial charge in [0.2, 0.25) is 5.91 Å². The number of halogens is 1. The molecule has 1 atom stereocenters. The van der Waals surface area contributed by atoms with Crippen LogP contribution in [-0.4, -0.2) is 80.9 Å². The van der Waals surface area contributed by atoms with Gasteiger partial charge in [0.25, 0.3) is 0 Å². The zero-order chi connectivity index (χ0) is 18.7. The van der Waals surface area contributed by atoms with Gasteiger partial charge in [-0.1, -0.05) is 0 Å². The zero-order valence-corrected chi connectivity index (χ0v) is 15.9. The van der Waals surface area contributed by atoms with Gasteiger partial charge in [-0.3, -0.25) is 9.69 Å². The van der Waals surface area contributed by atoms with Crippen LogP contribution >= 0.6 is 0 Å². The topological polar surface area (TPSA) is 60.9 Å². The number of rotatable bonds is 5. The van der Waals surface area contributed by atoms with Crippen molar-refractivity contribution in [3.8, 4) is 0 Å². The van der Waals surface area contributed by atoms with Crippen LogP contribution in [0.4, 0.5) is 10.1 Å². The van der Waals surface area contributed by atoms with E-state index >= 15 is 0 Å². The van der Waals surface area contributed by atoms with Crippen LogP contribution in [0, 0.1) is 5.82 Å². The molecule has 0 bridgehead atoms. The molecule has 2 aliphatic rings. The van der Waals surface area contributed by atoms with Crippen molar-refractivity contribution in [2.75, 3.05) is 55.7 Å². The van der Waals surface area contributed by atoms with E-state index in [2.05, 4.69) is 9.80 Å². The molecule has 3 rings (SSSR count). The van der Waals surface area contributed by atoms with Crippen molar-refractivity contribution in [2.24, 2.45) is 0 Å². The van der Waals surface area contributed by atoms with Crippen LogP contribution in [0.1, 0.15) is 13.3 Å². The molecule has 144 valence electrons. The molecule has 1 aromatic carbocycles. The molecule has 2 heterocycles. The summed E-state index contributed by atoms with van der Waals surface area (Å²) in [4.78, 5) is 18.7. The third kappa shape index (κ3) is 4.54. The fraction of sp³-hybridized carbons (Fsp3) is 0.611. The van der Waals surface area contributed by atoms with Gasteiger partial charge >= 0.3 is 0 Å². The first-order valence-corrected chi connectivity index (χ1v) is 10.9. The Labute approximate surface area is 154 Å². The third-order valence-electron chi connectivity index (χ3n) is 5.23. The largest absolute Gasteiger partial charge is 0.369 e. The molecule has 26 heavy (non-hydrogen) atoms. The van der Waals surface area contributed by atoms with Gasteiger partial charge in [-0.25, -0.2) is 12.8 Å². The minimum atomic E-state index is -3.00. The van der Waals surface area contributed by atoms with Crippen molar-refractivity contribution in [1.29, 1.82) is 0 Å². The molecule has 2 aliphatic heterocycles. The highest BCUT2D eigenvalue weighted by Crippen LogP contribution is 2.19. The second kappa shape index (κ2) is 7.92. The Balaban J connectivity index is 1.51. The Bertz CT molecular complexity index is 731. The SMILES string of the molecule is CCN(C(=O)CN1CCN(c2ccc(F)cc2)CC1)[C@H]1CCS(=O)(=O)C1. The van der Waals surface area contributed by atoms with E-state index in [0.717, 1.165) is 31.9 Å². The summed E-state index contributed by atoms with van der Waals surface area (Å²) in [5.41, 5.74) is 0.990. The van der Waals surface area contributed by atoms with Crippen LogP contribution in [0.5, 0.6) is 0 Å². The number of carbonyl (C=O) groups excluding carboxylic acids is 1. The maximum absolute atomic E-state index is 13.0. The van der Waals surface area contributed by atoms with E-state index in [9.17, 15) is 17.6 Å². The van der Waals surface area contributed by atoms with Crippen LogP contribution in [0.15, 0.2) is 24.3 Å².